The zero-order valence-corrected chi connectivity index (χ0v) is 13.0. The molecular formula is C15H24N2O2S. The second-order valence-corrected chi connectivity index (χ2v) is 6.51. The summed E-state index contributed by atoms with van der Waals surface area (Å²) in [5.74, 6) is -0.122. The van der Waals surface area contributed by atoms with E-state index in [9.17, 15) is 4.79 Å². The minimum Gasteiger partial charge on any atom is -0.480 e. The summed E-state index contributed by atoms with van der Waals surface area (Å²) in [7, 11) is 0. The first-order valence-corrected chi connectivity index (χ1v) is 8.45. The molecule has 2 rings (SSSR count). The van der Waals surface area contributed by atoms with Gasteiger partial charge >= 0.3 is 5.97 Å². The molecule has 0 spiro atoms. The van der Waals surface area contributed by atoms with Crippen molar-refractivity contribution >= 4 is 17.3 Å². The molecule has 1 aliphatic rings. The lowest BCUT2D eigenvalue weighted by Crippen LogP contribution is -2.30. The minimum atomic E-state index is -0.763. The van der Waals surface area contributed by atoms with Gasteiger partial charge in [-0.25, -0.2) is 4.98 Å². The van der Waals surface area contributed by atoms with Gasteiger partial charge < -0.3 is 5.11 Å². The van der Waals surface area contributed by atoms with Crippen LogP contribution in [0.2, 0.25) is 0 Å². The van der Waals surface area contributed by atoms with E-state index in [0.29, 0.717) is 12.5 Å². The molecule has 0 atom stereocenters. The third-order valence-electron chi connectivity index (χ3n) is 3.81. The normalized spacial score (nSPS) is 16.7. The molecule has 1 aromatic heterocycles. The predicted molar refractivity (Wildman–Crippen MR) is 81.1 cm³/mol. The zero-order chi connectivity index (χ0) is 14.4. The molecule has 0 bridgehead atoms. The van der Waals surface area contributed by atoms with E-state index in [1.54, 1.807) is 11.3 Å². The van der Waals surface area contributed by atoms with Crippen molar-refractivity contribution in [2.24, 2.45) is 0 Å². The SMILES string of the molecule is CCCN(CC(=O)O)Cc1csc(C2CCCCC2)n1. The maximum absolute atomic E-state index is 10.9. The molecule has 1 aliphatic carbocycles. The van der Waals surface area contributed by atoms with Crippen molar-refractivity contribution in [3.8, 4) is 0 Å². The molecular weight excluding hydrogens is 272 g/mol. The highest BCUT2D eigenvalue weighted by molar-refractivity contribution is 7.09. The molecule has 4 nitrogen and oxygen atoms in total. The van der Waals surface area contributed by atoms with E-state index >= 15 is 0 Å². The highest BCUT2D eigenvalue weighted by Crippen LogP contribution is 2.34. The van der Waals surface area contributed by atoms with Gasteiger partial charge in [-0.05, 0) is 25.8 Å². The van der Waals surface area contributed by atoms with Crippen LogP contribution in [-0.4, -0.2) is 34.0 Å². The predicted octanol–water partition coefficient (Wildman–Crippen LogP) is 3.49. The molecule has 20 heavy (non-hydrogen) atoms. The van der Waals surface area contributed by atoms with Gasteiger partial charge in [0, 0.05) is 17.8 Å². The molecule has 0 saturated heterocycles. The average Bonchev–Trinajstić information content (AvgIpc) is 2.88. The van der Waals surface area contributed by atoms with Crippen LogP contribution in [0.3, 0.4) is 0 Å². The van der Waals surface area contributed by atoms with Crippen LogP contribution in [0.5, 0.6) is 0 Å². The van der Waals surface area contributed by atoms with E-state index in [1.165, 1.54) is 37.1 Å². The average molecular weight is 296 g/mol. The van der Waals surface area contributed by atoms with Crippen molar-refractivity contribution in [2.75, 3.05) is 13.1 Å². The molecule has 1 N–H and O–H groups in total. The Morgan fingerprint density at radius 2 is 2.20 bits per heavy atom. The number of aromatic nitrogens is 1. The third kappa shape index (κ3) is 4.56. The van der Waals surface area contributed by atoms with Gasteiger partial charge in [0.15, 0.2) is 0 Å². The van der Waals surface area contributed by atoms with Crippen molar-refractivity contribution in [3.63, 3.8) is 0 Å². The Bertz CT molecular complexity index is 427. The number of carboxylic acid groups (broad SMARTS) is 1. The van der Waals surface area contributed by atoms with Gasteiger partial charge in [0.2, 0.25) is 0 Å². The lowest BCUT2D eigenvalue weighted by atomic mass is 9.90. The summed E-state index contributed by atoms with van der Waals surface area (Å²) in [5, 5.41) is 12.3. The number of aliphatic carboxylic acids is 1. The van der Waals surface area contributed by atoms with Gasteiger partial charge in [-0.1, -0.05) is 26.2 Å². The van der Waals surface area contributed by atoms with E-state index in [-0.39, 0.29) is 6.54 Å². The summed E-state index contributed by atoms with van der Waals surface area (Å²) in [6, 6.07) is 0. The fourth-order valence-electron chi connectivity index (χ4n) is 2.88. The van der Waals surface area contributed by atoms with Crippen LogP contribution in [0.15, 0.2) is 5.38 Å². The van der Waals surface area contributed by atoms with Gasteiger partial charge in [-0.15, -0.1) is 11.3 Å². The summed E-state index contributed by atoms with van der Waals surface area (Å²) < 4.78 is 0. The molecule has 0 unspecified atom stereocenters. The topological polar surface area (TPSA) is 53.4 Å². The maximum Gasteiger partial charge on any atom is 0.317 e. The van der Waals surface area contributed by atoms with Crippen LogP contribution in [0.1, 0.15) is 62.1 Å². The van der Waals surface area contributed by atoms with Gasteiger partial charge in [-0.3, -0.25) is 9.69 Å². The largest absolute Gasteiger partial charge is 0.480 e. The molecule has 0 radical (unpaired) electrons. The number of hydrogen-bond donors (Lipinski definition) is 1. The van der Waals surface area contributed by atoms with Crippen molar-refractivity contribution in [1.82, 2.24) is 9.88 Å². The standard InChI is InChI=1S/C15H24N2O2S/c1-2-8-17(10-14(18)19)9-13-11-20-15(16-13)12-6-4-3-5-7-12/h11-12H,2-10H2,1H3,(H,18,19). The molecule has 0 aliphatic heterocycles. The maximum atomic E-state index is 10.9. The second kappa shape index (κ2) is 7.74. The van der Waals surface area contributed by atoms with Crippen LogP contribution in [0.25, 0.3) is 0 Å². The first kappa shape index (κ1) is 15.4. The van der Waals surface area contributed by atoms with E-state index in [2.05, 4.69) is 12.3 Å². The van der Waals surface area contributed by atoms with Gasteiger partial charge in [0.1, 0.15) is 0 Å². The van der Waals surface area contributed by atoms with Crippen molar-refractivity contribution in [2.45, 2.75) is 57.9 Å². The molecule has 112 valence electrons. The molecule has 1 saturated carbocycles. The van der Waals surface area contributed by atoms with E-state index in [0.717, 1.165) is 18.7 Å². The number of rotatable bonds is 7. The zero-order valence-electron chi connectivity index (χ0n) is 12.2. The second-order valence-electron chi connectivity index (χ2n) is 5.62. The summed E-state index contributed by atoms with van der Waals surface area (Å²) in [5.41, 5.74) is 1.03. The minimum absolute atomic E-state index is 0.101. The molecule has 0 aromatic carbocycles. The molecule has 1 fully saturated rings. The van der Waals surface area contributed by atoms with Crippen LogP contribution in [0, 0.1) is 0 Å². The van der Waals surface area contributed by atoms with Crippen LogP contribution in [0.4, 0.5) is 0 Å². The quantitative estimate of drug-likeness (QED) is 0.837. The van der Waals surface area contributed by atoms with Crippen molar-refractivity contribution < 1.29 is 9.90 Å². The molecule has 1 aromatic rings. The first-order chi connectivity index (χ1) is 9.69. The highest BCUT2D eigenvalue weighted by Gasteiger charge is 2.19. The lowest BCUT2D eigenvalue weighted by molar-refractivity contribution is -0.138. The van der Waals surface area contributed by atoms with Gasteiger partial charge in [0.25, 0.3) is 0 Å². The Hall–Kier alpha value is -0.940. The van der Waals surface area contributed by atoms with Crippen molar-refractivity contribution in [3.05, 3.63) is 16.1 Å². The van der Waals surface area contributed by atoms with Crippen LogP contribution in [-0.2, 0) is 11.3 Å². The van der Waals surface area contributed by atoms with Crippen LogP contribution >= 0.6 is 11.3 Å². The smallest absolute Gasteiger partial charge is 0.317 e. The number of carbonyl (C=O) groups is 1. The molecule has 0 amide bonds. The summed E-state index contributed by atoms with van der Waals surface area (Å²) in [4.78, 5) is 17.6. The number of thiazole rings is 1. The highest BCUT2D eigenvalue weighted by atomic mass is 32.1. The number of nitrogens with zero attached hydrogens (tertiary/aromatic N) is 2. The van der Waals surface area contributed by atoms with Crippen molar-refractivity contribution in [1.29, 1.82) is 0 Å². The summed E-state index contributed by atoms with van der Waals surface area (Å²) in [6.07, 6.45) is 7.49. The van der Waals surface area contributed by atoms with Crippen LogP contribution < -0.4 is 0 Å². The Morgan fingerprint density at radius 1 is 1.45 bits per heavy atom. The van der Waals surface area contributed by atoms with Gasteiger partial charge in [0.05, 0.1) is 17.2 Å². The Kier molecular flexibility index (Phi) is 5.98. The summed E-state index contributed by atoms with van der Waals surface area (Å²) in [6.45, 7) is 3.64. The van der Waals surface area contributed by atoms with E-state index < -0.39 is 5.97 Å². The van der Waals surface area contributed by atoms with Gasteiger partial charge in [-0.2, -0.15) is 0 Å². The molecule has 1 heterocycles. The number of hydrogen-bond acceptors (Lipinski definition) is 4. The summed E-state index contributed by atoms with van der Waals surface area (Å²) >= 11 is 1.75. The Labute approximate surface area is 124 Å². The monoisotopic (exact) mass is 296 g/mol. The third-order valence-corrected chi connectivity index (χ3v) is 4.86. The first-order valence-electron chi connectivity index (χ1n) is 7.57. The van der Waals surface area contributed by atoms with E-state index in [1.807, 2.05) is 4.90 Å². The Morgan fingerprint density at radius 3 is 2.85 bits per heavy atom. The molecule has 5 heteroatoms. The lowest BCUT2D eigenvalue weighted by Gasteiger charge is -2.19. The van der Waals surface area contributed by atoms with E-state index in [4.69, 9.17) is 10.1 Å². The fourth-order valence-corrected chi connectivity index (χ4v) is 3.87. The Balaban J connectivity index is 1.94. The number of carboxylic acids is 1. The fraction of sp³-hybridized carbons (Fsp3) is 0.733.